The molecule has 0 atom stereocenters. The Balaban J connectivity index is 1.97. The molecule has 0 saturated carbocycles. The zero-order chi connectivity index (χ0) is 17.3. The van der Waals surface area contributed by atoms with Gasteiger partial charge < -0.3 is 9.47 Å². The summed E-state index contributed by atoms with van der Waals surface area (Å²) in [5.41, 5.74) is 1.76. The van der Waals surface area contributed by atoms with E-state index in [1.165, 1.54) is 0 Å². The van der Waals surface area contributed by atoms with Gasteiger partial charge in [-0.25, -0.2) is 0 Å². The molecule has 4 nitrogen and oxygen atoms in total. The monoisotopic (exact) mass is 342 g/mol. The van der Waals surface area contributed by atoms with Crippen molar-refractivity contribution in [2.45, 2.75) is 20.3 Å². The first kappa shape index (κ1) is 16.3. The van der Waals surface area contributed by atoms with Crippen LogP contribution in [0.1, 0.15) is 34.8 Å². The van der Waals surface area contributed by atoms with E-state index in [1.807, 2.05) is 12.1 Å². The smallest absolute Gasteiger partial charge is 0.310 e. The Morgan fingerprint density at radius 3 is 2.71 bits per heavy atom. The van der Waals surface area contributed by atoms with E-state index in [2.05, 4.69) is 0 Å². The van der Waals surface area contributed by atoms with Gasteiger partial charge in [-0.3, -0.25) is 9.59 Å². The van der Waals surface area contributed by atoms with Crippen molar-refractivity contribution in [3.63, 3.8) is 0 Å². The average Bonchev–Trinajstić information content (AvgIpc) is 2.89. The number of ether oxygens (including phenoxy) is 2. The summed E-state index contributed by atoms with van der Waals surface area (Å²) in [5, 5.41) is 0.534. The van der Waals surface area contributed by atoms with E-state index in [4.69, 9.17) is 21.1 Å². The molecule has 1 heterocycles. The molecule has 1 aliphatic rings. The predicted octanol–water partition coefficient (Wildman–Crippen LogP) is 4.58. The molecule has 0 saturated heterocycles. The first-order chi connectivity index (χ1) is 11.5. The Kier molecular flexibility index (Phi) is 4.40. The van der Waals surface area contributed by atoms with Crippen LogP contribution in [0.3, 0.4) is 0 Å². The molecule has 0 aromatic heterocycles. The molecule has 0 amide bonds. The number of hydrogen-bond donors (Lipinski definition) is 0. The fraction of sp³-hybridized carbons (Fsp3) is 0.158. The normalized spacial score (nSPS) is 14.5. The quantitative estimate of drug-likeness (QED) is 0.465. The first-order valence-electron chi connectivity index (χ1n) is 7.54. The van der Waals surface area contributed by atoms with Crippen LogP contribution in [0, 0.1) is 6.92 Å². The van der Waals surface area contributed by atoms with Crippen molar-refractivity contribution in [1.82, 2.24) is 0 Å². The summed E-state index contributed by atoms with van der Waals surface area (Å²) in [6.07, 6.45) is 1.88. The summed E-state index contributed by atoms with van der Waals surface area (Å²) in [6.45, 7) is 3.47. The van der Waals surface area contributed by atoms with Crippen LogP contribution in [0.4, 0.5) is 0 Å². The highest BCUT2D eigenvalue weighted by atomic mass is 35.5. The number of carbonyl (C=O) groups excluding carboxylic acids is 2. The zero-order valence-electron chi connectivity index (χ0n) is 13.3. The molecule has 1 aliphatic heterocycles. The molecule has 5 heteroatoms. The number of benzene rings is 2. The number of allylic oxidation sites excluding steroid dienone is 1. The molecule has 0 aliphatic carbocycles. The van der Waals surface area contributed by atoms with E-state index in [0.29, 0.717) is 33.2 Å². The second-order valence-corrected chi connectivity index (χ2v) is 5.76. The minimum absolute atomic E-state index is 0.195. The van der Waals surface area contributed by atoms with Crippen molar-refractivity contribution in [2.75, 3.05) is 0 Å². The summed E-state index contributed by atoms with van der Waals surface area (Å²) in [4.78, 5) is 24.0. The number of rotatable bonds is 3. The standard InChI is InChI=1S/C19H15ClO4/c1-3-17(21)23-15-9-8-13-18(22)16(24-19(13)11(15)2)10-12-6-4-5-7-14(12)20/h4-10H,3H2,1-2H3/b16-10-. The molecule has 2 aromatic rings. The van der Waals surface area contributed by atoms with E-state index in [1.54, 1.807) is 44.2 Å². The van der Waals surface area contributed by atoms with Gasteiger partial charge in [-0.15, -0.1) is 0 Å². The largest absolute Gasteiger partial charge is 0.452 e. The van der Waals surface area contributed by atoms with Crippen LogP contribution >= 0.6 is 11.6 Å². The van der Waals surface area contributed by atoms with Gasteiger partial charge in [0.25, 0.3) is 0 Å². The lowest BCUT2D eigenvalue weighted by Crippen LogP contribution is -2.06. The van der Waals surface area contributed by atoms with Crippen molar-refractivity contribution in [3.05, 3.63) is 63.9 Å². The van der Waals surface area contributed by atoms with Crippen LogP contribution in [-0.2, 0) is 4.79 Å². The summed E-state index contributed by atoms with van der Waals surface area (Å²) < 4.78 is 11.0. The number of esters is 1. The van der Waals surface area contributed by atoms with Gasteiger partial charge >= 0.3 is 5.97 Å². The third kappa shape index (κ3) is 2.93. The maximum absolute atomic E-state index is 12.5. The summed E-state index contributed by atoms with van der Waals surface area (Å²) in [6, 6.07) is 10.4. The minimum Gasteiger partial charge on any atom is -0.452 e. The maximum Gasteiger partial charge on any atom is 0.310 e. The Hall–Kier alpha value is -2.59. The highest BCUT2D eigenvalue weighted by Crippen LogP contribution is 2.39. The summed E-state index contributed by atoms with van der Waals surface area (Å²) >= 11 is 6.12. The third-order valence-corrected chi connectivity index (χ3v) is 4.09. The molecule has 2 aromatic carbocycles. The molecule has 0 radical (unpaired) electrons. The number of hydrogen-bond acceptors (Lipinski definition) is 4. The van der Waals surface area contributed by atoms with Gasteiger partial charge in [0.15, 0.2) is 5.76 Å². The Morgan fingerprint density at radius 2 is 2.00 bits per heavy atom. The van der Waals surface area contributed by atoms with Gasteiger partial charge in [0, 0.05) is 17.0 Å². The molecule has 3 rings (SSSR count). The van der Waals surface area contributed by atoms with Crippen molar-refractivity contribution >= 4 is 29.4 Å². The average molecular weight is 343 g/mol. The van der Waals surface area contributed by atoms with Crippen LogP contribution in [-0.4, -0.2) is 11.8 Å². The second-order valence-electron chi connectivity index (χ2n) is 5.35. The highest BCUT2D eigenvalue weighted by Gasteiger charge is 2.30. The summed E-state index contributed by atoms with van der Waals surface area (Å²) in [7, 11) is 0. The SMILES string of the molecule is CCC(=O)Oc1ccc2c(c1C)O/C(=C\c1ccccc1Cl)C2=O. The fourth-order valence-corrected chi connectivity index (χ4v) is 2.60. The molecule has 0 fully saturated rings. The second kappa shape index (κ2) is 6.49. The lowest BCUT2D eigenvalue weighted by molar-refractivity contribution is -0.134. The lowest BCUT2D eigenvalue weighted by Gasteiger charge is -2.09. The minimum atomic E-state index is -0.339. The van der Waals surface area contributed by atoms with E-state index in [0.717, 1.165) is 0 Å². The van der Waals surface area contributed by atoms with E-state index < -0.39 is 0 Å². The van der Waals surface area contributed by atoms with Crippen molar-refractivity contribution in [1.29, 1.82) is 0 Å². The van der Waals surface area contributed by atoms with Crippen LogP contribution in [0.2, 0.25) is 5.02 Å². The lowest BCUT2D eigenvalue weighted by atomic mass is 10.1. The van der Waals surface area contributed by atoms with Gasteiger partial charge in [-0.05, 0) is 36.8 Å². The van der Waals surface area contributed by atoms with Gasteiger partial charge in [-0.1, -0.05) is 36.7 Å². The first-order valence-corrected chi connectivity index (χ1v) is 7.92. The number of halogens is 1. The molecular formula is C19H15ClO4. The number of fused-ring (bicyclic) bond motifs is 1. The molecule has 24 heavy (non-hydrogen) atoms. The van der Waals surface area contributed by atoms with Crippen molar-refractivity contribution in [2.24, 2.45) is 0 Å². The molecule has 122 valence electrons. The van der Waals surface area contributed by atoms with E-state index in [-0.39, 0.29) is 23.9 Å². The molecule has 0 bridgehead atoms. The van der Waals surface area contributed by atoms with Gasteiger partial charge in [0.05, 0.1) is 5.56 Å². The predicted molar refractivity (Wildman–Crippen MR) is 91.5 cm³/mol. The number of carbonyl (C=O) groups is 2. The Labute approximate surface area is 144 Å². The van der Waals surface area contributed by atoms with E-state index >= 15 is 0 Å². The van der Waals surface area contributed by atoms with Gasteiger partial charge in [0.1, 0.15) is 11.5 Å². The Bertz CT molecular complexity index is 868. The third-order valence-electron chi connectivity index (χ3n) is 3.74. The van der Waals surface area contributed by atoms with Crippen LogP contribution < -0.4 is 9.47 Å². The molecular weight excluding hydrogens is 328 g/mol. The van der Waals surface area contributed by atoms with E-state index in [9.17, 15) is 9.59 Å². The summed E-state index contributed by atoms with van der Waals surface area (Å²) in [5.74, 6) is 0.447. The van der Waals surface area contributed by atoms with Crippen LogP contribution in [0.5, 0.6) is 11.5 Å². The van der Waals surface area contributed by atoms with Crippen LogP contribution in [0.25, 0.3) is 6.08 Å². The zero-order valence-corrected chi connectivity index (χ0v) is 14.0. The van der Waals surface area contributed by atoms with Gasteiger partial charge in [-0.2, -0.15) is 0 Å². The number of ketones is 1. The molecule has 0 unspecified atom stereocenters. The topological polar surface area (TPSA) is 52.6 Å². The number of Topliss-reactive ketones (excluding diaryl/α,β-unsaturated/α-hetero) is 1. The maximum atomic E-state index is 12.5. The van der Waals surface area contributed by atoms with Crippen molar-refractivity contribution in [3.8, 4) is 11.5 Å². The fourth-order valence-electron chi connectivity index (χ4n) is 2.41. The van der Waals surface area contributed by atoms with Crippen molar-refractivity contribution < 1.29 is 19.1 Å². The van der Waals surface area contributed by atoms with Crippen LogP contribution in [0.15, 0.2) is 42.2 Å². The highest BCUT2D eigenvalue weighted by molar-refractivity contribution is 6.32. The molecule has 0 spiro atoms. The molecule has 0 N–H and O–H groups in total. The van der Waals surface area contributed by atoms with Gasteiger partial charge in [0.2, 0.25) is 5.78 Å². The Morgan fingerprint density at radius 1 is 1.25 bits per heavy atom.